The molecule has 0 bridgehead atoms. The number of nitrogens with zero attached hydrogens (tertiary/aromatic N) is 1. The molecule has 5 nitrogen and oxygen atoms in total. The number of amides is 1. The summed E-state index contributed by atoms with van der Waals surface area (Å²) >= 11 is 0. The summed E-state index contributed by atoms with van der Waals surface area (Å²) in [5.41, 5.74) is 0.914. The number of nitrogens with one attached hydrogen (secondary N) is 1. The highest BCUT2D eigenvalue weighted by Crippen LogP contribution is 2.22. The summed E-state index contributed by atoms with van der Waals surface area (Å²) in [6, 6.07) is 4.28. The van der Waals surface area contributed by atoms with Gasteiger partial charge in [-0.2, -0.15) is 0 Å². The van der Waals surface area contributed by atoms with Crippen molar-refractivity contribution in [1.29, 1.82) is 0 Å². The Hall–Kier alpha value is -2.37. The van der Waals surface area contributed by atoms with E-state index in [4.69, 9.17) is 9.15 Å². The Labute approximate surface area is 128 Å². The molecule has 0 fully saturated rings. The molecule has 6 heteroatoms. The van der Waals surface area contributed by atoms with E-state index in [0.29, 0.717) is 24.4 Å². The van der Waals surface area contributed by atoms with Crippen molar-refractivity contribution >= 4 is 5.91 Å². The number of carbonyl (C=O) groups is 1. The van der Waals surface area contributed by atoms with Gasteiger partial charge in [-0.3, -0.25) is 4.79 Å². The molecule has 118 valence electrons. The van der Waals surface area contributed by atoms with Crippen molar-refractivity contribution < 1.29 is 18.3 Å². The lowest BCUT2D eigenvalue weighted by molar-refractivity contribution is 0.0933. The monoisotopic (exact) mass is 306 g/mol. The van der Waals surface area contributed by atoms with Crippen molar-refractivity contribution in [3.05, 3.63) is 47.4 Å². The van der Waals surface area contributed by atoms with Crippen LogP contribution in [0.15, 0.2) is 29.0 Å². The van der Waals surface area contributed by atoms with Crippen LogP contribution in [0.5, 0.6) is 5.75 Å². The minimum atomic E-state index is -0.448. The van der Waals surface area contributed by atoms with Gasteiger partial charge in [0.1, 0.15) is 5.76 Å². The van der Waals surface area contributed by atoms with E-state index in [0.717, 1.165) is 0 Å². The summed E-state index contributed by atoms with van der Waals surface area (Å²) in [5.74, 6) is -0.0550. The quantitative estimate of drug-likeness (QED) is 0.889. The fourth-order valence-electron chi connectivity index (χ4n) is 2.11. The predicted octanol–water partition coefficient (Wildman–Crippen LogP) is 3.27. The molecule has 1 heterocycles. The van der Waals surface area contributed by atoms with Crippen LogP contribution in [-0.4, -0.2) is 17.5 Å². The van der Waals surface area contributed by atoms with E-state index in [1.807, 2.05) is 6.92 Å². The van der Waals surface area contributed by atoms with Gasteiger partial charge in [0.05, 0.1) is 12.6 Å². The molecule has 0 saturated heterocycles. The van der Waals surface area contributed by atoms with Gasteiger partial charge in [-0.05, 0) is 31.5 Å². The van der Waals surface area contributed by atoms with Crippen molar-refractivity contribution in [2.75, 3.05) is 6.61 Å². The number of aromatic nitrogens is 1. The maximum absolute atomic E-state index is 13.9. The number of rotatable bonds is 6. The average molecular weight is 306 g/mol. The van der Waals surface area contributed by atoms with Crippen molar-refractivity contribution in [2.45, 2.75) is 33.2 Å². The fraction of sp³-hybridized carbons (Fsp3) is 0.375. The molecule has 2 aromatic rings. The Balaban J connectivity index is 2.10. The van der Waals surface area contributed by atoms with E-state index < -0.39 is 5.82 Å². The number of hydrogen-bond acceptors (Lipinski definition) is 4. The molecular formula is C16H19FN2O3. The van der Waals surface area contributed by atoms with E-state index in [1.54, 1.807) is 26.0 Å². The zero-order valence-corrected chi connectivity index (χ0v) is 12.9. The second kappa shape index (κ2) is 7.06. The maximum atomic E-state index is 13.9. The molecule has 0 aliphatic rings. The molecule has 1 aromatic carbocycles. The van der Waals surface area contributed by atoms with Gasteiger partial charge in [-0.15, -0.1) is 0 Å². The van der Waals surface area contributed by atoms with Gasteiger partial charge in [0.25, 0.3) is 5.91 Å². The second-order valence-electron chi connectivity index (χ2n) is 4.80. The normalized spacial score (nSPS) is 12.0. The highest BCUT2D eigenvalue weighted by molar-refractivity contribution is 5.93. The van der Waals surface area contributed by atoms with Crippen LogP contribution in [-0.2, 0) is 6.42 Å². The summed E-state index contributed by atoms with van der Waals surface area (Å²) in [7, 11) is 0. The zero-order chi connectivity index (χ0) is 16.1. The smallest absolute Gasteiger partial charge is 0.274 e. The minimum absolute atomic E-state index is 0.203. The van der Waals surface area contributed by atoms with Gasteiger partial charge >= 0.3 is 0 Å². The van der Waals surface area contributed by atoms with Gasteiger partial charge in [-0.25, -0.2) is 9.37 Å². The third kappa shape index (κ3) is 3.44. The summed E-state index contributed by atoms with van der Waals surface area (Å²) in [6.07, 6.45) is 1.82. The molecule has 22 heavy (non-hydrogen) atoms. The highest BCUT2D eigenvalue weighted by Gasteiger charge is 2.18. The highest BCUT2D eigenvalue weighted by atomic mass is 19.1. The van der Waals surface area contributed by atoms with Crippen molar-refractivity contribution in [1.82, 2.24) is 10.3 Å². The number of benzene rings is 1. The van der Waals surface area contributed by atoms with E-state index in [9.17, 15) is 9.18 Å². The predicted molar refractivity (Wildman–Crippen MR) is 79.3 cm³/mol. The van der Waals surface area contributed by atoms with Gasteiger partial charge < -0.3 is 14.5 Å². The van der Waals surface area contributed by atoms with Gasteiger partial charge in [0.2, 0.25) is 0 Å². The van der Waals surface area contributed by atoms with Crippen LogP contribution in [0.1, 0.15) is 48.6 Å². The fourth-order valence-corrected chi connectivity index (χ4v) is 2.11. The zero-order valence-electron chi connectivity index (χ0n) is 12.9. The number of oxazole rings is 1. The Morgan fingerprint density at radius 1 is 1.45 bits per heavy atom. The van der Waals surface area contributed by atoms with Crippen molar-refractivity contribution in [3.63, 3.8) is 0 Å². The largest absolute Gasteiger partial charge is 0.491 e. The second-order valence-corrected chi connectivity index (χ2v) is 4.80. The first-order valence-electron chi connectivity index (χ1n) is 7.22. The third-order valence-corrected chi connectivity index (χ3v) is 3.28. The molecule has 1 amide bonds. The van der Waals surface area contributed by atoms with Gasteiger partial charge in [0.15, 0.2) is 23.7 Å². The molecule has 2 rings (SSSR count). The van der Waals surface area contributed by atoms with Crippen LogP contribution < -0.4 is 10.1 Å². The number of halogens is 1. The van der Waals surface area contributed by atoms with Crippen LogP contribution in [0.4, 0.5) is 4.39 Å². The first kappa shape index (κ1) is 16.0. The minimum Gasteiger partial charge on any atom is -0.491 e. The summed E-state index contributed by atoms with van der Waals surface area (Å²) in [4.78, 5) is 16.1. The number of ether oxygens (including phenoxy) is 1. The van der Waals surface area contributed by atoms with Crippen LogP contribution in [0.25, 0.3) is 0 Å². The molecule has 0 saturated carbocycles. The Bertz CT molecular complexity index is 655. The molecule has 1 atom stereocenters. The molecular weight excluding hydrogens is 287 g/mol. The molecule has 0 aliphatic carbocycles. The van der Waals surface area contributed by atoms with Gasteiger partial charge in [-0.1, -0.05) is 13.0 Å². The number of carbonyl (C=O) groups excluding carboxylic acids is 1. The molecule has 0 unspecified atom stereocenters. The van der Waals surface area contributed by atoms with E-state index in [1.165, 1.54) is 12.5 Å². The number of hydrogen-bond donors (Lipinski definition) is 1. The molecule has 0 radical (unpaired) electrons. The van der Waals surface area contributed by atoms with E-state index in [-0.39, 0.29) is 23.4 Å². The van der Waals surface area contributed by atoms with E-state index in [2.05, 4.69) is 10.3 Å². The van der Waals surface area contributed by atoms with E-state index >= 15 is 0 Å². The Morgan fingerprint density at radius 2 is 2.23 bits per heavy atom. The van der Waals surface area contributed by atoms with Crippen LogP contribution in [0.2, 0.25) is 0 Å². The third-order valence-electron chi connectivity index (χ3n) is 3.28. The first-order valence-corrected chi connectivity index (χ1v) is 7.22. The Morgan fingerprint density at radius 3 is 2.86 bits per heavy atom. The molecule has 1 aromatic heterocycles. The van der Waals surface area contributed by atoms with Crippen molar-refractivity contribution in [2.24, 2.45) is 0 Å². The van der Waals surface area contributed by atoms with Gasteiger partial charge in [0, 0.05) is 6.42 Å². The number of aryl methyl sites for hydroxylation is 1. The summed E-state index contributed by atoms with van der Waals surface area (Å²) < 4.78 is 24.2. The topological polar surface area (TPSA) is 64.4 Å². The van der Waals surface area contributed by atoms with Crippen LogP contribution in [0.3, 0.4) is 0 Å². The first-order chi connectivity index (χ1) is 10.6. The standard InChI is InChI=1S/C16H19FN2O3/c1-4-13-15(18-9-22-13)16(20)19-10(3)11-6-7-14(21-5-2)12(17)8-11/h6-10H,4-5H2,1-3H3,(H,19,20)/t10-/m0/s1. The summed E-state index contributed by atoms with van der Waals surface area (Å²) in [5, 5.41) is 2.78. The van der Waals surface area contributed by atoms with Crippen molar-refractivity contribution in [3.8, 4) is 5.75 Å². The lowest BCUT2D eigenvalue weighted by Gasteiger charge is -2.15. The van der Waals surface area contributed by atoms with Crippen LogP contribution >= 0.6 is 0 Å². The average Bonchev–Trinajstić information content (AvgIpc) is 2.98. The molecule has 1 N–H and O–H groups in total. The summed E-state index contributed by atoms with van der Waals surface area (Å²) in [6.45, 7) is 5.84. The lowest BCUT2D eigenvalue weighted by atomic mass is 10.1. The molecule has 0 aliphatic heterocycles. The lowest BCUT2D eigenvalue weighted by Crippen LogP contribution is -2.27. The SMILES string of the molecule is CCOc1ccc([C@H](C)NC(=O)c2ncoc2CC)cc1F. The maximum Gasteiger partial charge on any atom is 0.274 e. The van der Waals surface area contributed by atoms with Crippen LogP contribution in [0, 0.1) is 5.82 Å². The Kier molecular flexibility index (Phi) is 5.14. The molecule has 0 spiro atoms.